The highest BCUT2D eigenvalue weighted by atomic mass is 127. The van der Waals surface area contributed by atoms with Crippen LogP contribution in [-0.2, 0) is 28.3 Å². The highest BCUT2D eigenvalue weighted by molar-refractivity contribution is 14.0. The van der Waals surface area contributed by atoms with Crippen molar-refractivity contribution in [3.8, 4) is 0 Å². The van der Waals surface area contributed by atoms with Gasteiger partial charge in [-0.05, 0) is 29.7 Å². The van der Waals surface area contributed by atoms with E-state index in [0.29, 0.717) is 31.0 Å². The molecule has 0 atom stereocenters. The lowest BCUT2D eigenvalue weighted by molar-refractivity contribution is -0.137. The van der Waals surface area contributed by atoms with Crippen molar-refractivity contribution in [1.82, 2.24) is 10.6 Å². The van der Waals surface area contributed by atoms with Crippen molar-refractivity contribution < 1.29 is 21.6 Å². The standard InChI is InChI=1S/C20H24F3N3O2S.HI/c1-24-19(26-14-16-8-10-18(11-9-16)20(21,22)23)25-12-5-13-29(27,28)15-17-6-3-2-4-7-17;/h2-4,6-11H,5,12-15H2,1H3,(H2,24,25,26);1H. The largest absolute Gasteiger partial charge is 0.416 e. The molecule has 2 rings (SSSR count). The third-order valence-electron chi connectivity index (χ3n) is 4.12. The topological polar surface area (TPSA) is 70.6 Å². The van der Waals surface area contributed by atoms with Crippen molar-refractivity contribution in [3.63, 3.8) is 0 Å². The fourth-order valence-electron chi connectivity index (χ4n) is 2.62. The van der Waals surface area contributed by atoms with Crippen LogP contribution in [-0.4, -0.2) is 33.7 Å². The van der Waals surface area contributed by atoms with Crippen LogP contribution >= 0.6 is 24.0 Å². The molecule has 2 aromatic carbocycles. The second-order valence-corrected chi connectivity index (χ2v) is 8.66. The first-order valence-corrected chi connectivity index (χ1v) is 10.9. The number of alkyl halides is 3. The van der Waals surface area contributed by atoms with Crippen LogP contribution < -0.4 is 10.6 Å². The molecular formula is C20H25F3IN3O2S. The lowest BCUT2D eigenvalue weighted by Gasteiger charge is -2.13. The van der Waals surface area contributed by atoms with Gasteiger partial charge in [0.15, 0.2) is 15.8 Å². The SMILES string of the molecule is CN=C(NCCCS(=O)(=O)Cc1ccccc1)NCc1ccc(C(F)(F)F)cc1.I. The first-order valence-electron chi connectivity index (χ1n) is 9.04. The van der Waals surface area contributed by atoms with E-state index < -0.39 is 21.6 Å². The third-order valence-corrected chi connectivity index (χ3v) is 5.80. The molecule has 2 N–H and O–H groups in total. The molecule has 166 valence electrons. The zero-order chi connectivity index (χ0) is 21.3. The summed E-state index contributed by atoms with van der Waals surface area (Å²) in [5, 5.41) is 6.00. The molecule has 30 heavy (non-hydrogen) atoms. The van der Waals surface area contributed by atoms with Gasteiger partial charge in [-0.3, -0.25) is 4.99 Å². The summed E-state index contributed by atoms with van der Waals surface area (Å²) in [4.78, 5) is 4.03. The lowest BCUT2D eigenvalue weighted by atomic mass is 10.1. The van der Waals surface area contributed by atoms with E-state index in [0.717, 1.165) is 17.7 Å². The summed E-state index contributed by atoms with van der Waals surface area (Å²) < 4.78 is 62.1. The lowest BCUT2D eigenvalue weighted by Crippen LogP contribution is -2.37. The van der Waals surface area contributed by atoms with E-state index in [2.05, 4.69) is 15.6 Å². The zero-order valence-electron chi connectivity index (χ0n) is 16.4. The van der Waals surface area contributed by atoms with Gasteiger partial charge in [-0.2, -0.15) is 13.2 Å². The van der Waals surface area contributed by atoms with Crippen molar-refractivity contribution in [1.29, 1.82) is 0 Å². The van der Waals surface area contributed by atoms with E-state index in [9.17, 15) is 21.6 Å². The Hall–Kier alpha value is -1.82. The van der Waals surface area contributed by atoms with E-state index in [1.165, 1.54) is 12.1 Å². The Morgan fingerprint density at radius 1 is 0.967 bits per heavy atom. The molecule has 0 bridgehead atoms. The van der Waals surface area contributed by atoms with Crippen LogP contribution in [0.3, 0.4) is 0 Å². The number of guanidine groups is 1. The number of nitrogens with zero attached hydrogens (tertiary/aromatic N) is 1. The van der Waals surface area contributed by atoms with Gasteiger partial charge in [-0.1, -0.05) is 42.5 Å². The summed E-state index contributed by atoms with van der Waals surface area (Å²) >= 11 is 0. The highest BCUT2D eigenvalue weighted by Gasteiger charge is 2.29. The quantitative estimate of drug-likeness (QED) is 0.224. The van der Waals surface area contributed by atoms with Crippen molar-refractivity contribution >= 4 is 39.8 Å². The Morgan fingerprint density at radius 2 is 1.60 bits per heavy atom. The Balaban J connectivity index is 0.00000450. The zero-order valence-corrected chi connectivity index (χ0v) is 19.6. The maximum Gasteiger partial charge on any atom is 0.416 e. The predicted octanol–water partition coefficient (Wildman–Crippen LogP) is 3.99. The number of benzene rings is 2. The molecule has 0 amide bonds. The van der Waals surface area contributed by atoms with Crippen LogP contribution in [0.15, 0.2) is 59.6 Å². The molecule has 10 heteroatoms. The molecule has 0 aromatic heterocycles. The number of hydrogen-bond donors (Lipinski definition) is 2. The van der Waals surface area contributed by atoms with Gasteiger partial charge in [-0.25, -0.2) is 8.42 Å². The maximum absolute atomic E-state index is 12.6. The molecule has 2 aromatic rings. The number of halogens is 4. The summed E-state index contributed by atoms with van der Waals surface area (Å²) in [5.41, 5.74) is 0.737. The fourth-order valence-corrected chi connectivity index (χ4v) is 4.05. The van der Waals surface area contributed by atoms with Gasteiger partial charge in [0, 0.05) is 20.1 Å². The Morgan fingerprint density at radius 3 is 2.17 bits per heavy atom. The Bertz CT molecular complexity index is 903. The number of rotatable bonds is 8. The van der Waals surface area contributed by atoms with Gasteiger partial charge in [0.25, 0.3) is 0 Å². The van der Waals surface area contributed by atoms with E-state index >= 15 is 0 Å². The molecule has 0 radical (unpaired) electrons. The van der Waals surface area contributed by atoms with Crippen LogP contribution in [0, 0.1) is 0 Å². The molecule has 5 nitrogen and oxygen atoms in total. The maximum atomic E-state index is 12.6. The molecule has 0 aliphatic heterocycles. The summed E-state index contributed by atoms with van der Waals surface area (Å²) in [6.07, 6.45) is -3.94. The van der Waals surface area contributed by atoms with Crippen molar-refractivity contribution in [2.45, 2.75) is 24.9 Å². The Kier molecular flexibility index (Phi) is 10.6. The molecule has 0 heterocycles. The minimum Gasteiger partial charge on any atom is -0.356 e. The van der Waals surface area contributed by atoms with Gasteiger partial charge in [0.1, 0.15) is 0 Å². The smallest absolute Gasteiger partial charge is 0.356 e. The van der Waals surface area contributed by atoms with E-state index in [1.54, 1.807) is 31.3 Å². The summed E-state index contributed by atoms with van der Waals surface area (Å²) in [6, 6.07) is 13.9. The normalized spacial score (nSPS) is 12.2. The molecule has 0 saturated heterocycles. The number of sulfone groups is 1. The van der Waals surface area contributed by atoms with Gasteiger partial charge in [0.2, 0.25) is 0 Å². The molecule has 0 saturated carbocycles. The van der Waals surface area contributed by atoms with Gasteiger partial charge >= 0.3 is 6.18 Å². The van der Waals surface area contributed by atoms with Gasteiger partial charge < -0.3 is 10.6 Å². The summed E-state index contributed by atoms with van der Waals surface area (Å²) in [7, 11) is -1.64. The van der Waals surface area contributed by atoms with Crippen LogP contribution in [0.5, 0.6) is 0 Å². The van der Waals surface area contributed by atoms with E-state index in [1.807, 2.05) is 6.07 Å². The highest BCUT2D eigenvalue weighted by Crippen LogP contribution is 2.29. The van der Waals surface area contributed by atoms with Crippen LogP contribution in [0.25, 0.3) is 0 Å². The van der Waals surface area contributed by atoms with Crippen LogP contribution in [0.2, 0.25) is 0 Å². The van der Waals surface area contributed by atoms with Crippen LogP contribution in [0.1, 0.15) is 23.1 Å². The van der Waals surface area contributed by atoms with Crippen LogP contribution in [0.4, 0.5) is 13.2 Å². The predicted molar refractivity (Wildman–Crippen MR) is 124 cm³/mol. The molecule has 0 fully saturated rings. The molecule has 0 unspecified atom stereocenters. The minimum atomic E-state index is -4.36. The number of nitrogens with one attached hydrogen (secondary N) is 2. The van der Waals surface area contributed by atoms with Crippen molar-refractivity contribution in [2.75, 3.05) is 19.3 Å². The van der Waals surface area contributed by atoms with Crippen molar-refractivity contribution in [2.24, 2.45) is 4.99 Å². The average molecular weight is 555 g/mol. The average Bonchev–Trinajstić information content (AvgIpc) is 2.67. The monoisotopic (exact) mass is 555 g/mol. The van der Waals surface area contributed by atoms with Gasteiger partial charge in [0.05, 0.1) is 17.1 Å². The first-order chi connectivity index (χ1) is 13.7. The molecule has 0 spiro atoms. The number of aliphatic imine (C=N–C) groups is 1. The second-order valence-electron chi connectivity index (χ2n) is 6.48. The minimum absolute atomic E-state index is 0. The number of hydrogen-bond acceptors (Lipinski definition) is 3. The summed E-state index contributed by atoms with van der Waals surface area (Å²) in [6.45, 7) is 0.699. The second kappa shape index (κ2) is 12.1. The van der Waals surface area contributed by atoms with E-state index in [-0.39, 0.29) is 35.5 Å². The van der Waals surface area contributed by atoms with Crippen molar-refractivity contribution in [3.05, 3.63) is 71.3 Å². The molecular weight excluding hydrogens is 530 g/mol. The fraction of sp³-hybridized carbons (Fsp3) is 0.350. The molecule has 0 aliphatic carbocycles. The van der Waals surface area contributed by atoms with E-state index in [4.69, 9.17) is 0 Å². The third kappa shape index (κ3) is 9.33. The first kappa shape index (κ1) is 26.2. The Labute approximate surface area is 192 Å². The molecule has 0 aliphatic rings. The van der Waals surface area contributed by atoms with Gasteiger partial charge in [-0.15, -0.1) is 24.0 Å². The summed E-state index contributed by atoms with van der Waals surface area (Å²) in [5.74, 6) is 0.504.